The first kappa shape index (κ1) is 60.2. The number of hydrogen-bond acceptors (Lipinski definition) is 14. The number of esters is 2. The Bertz CT molecular complexity index is 1400. The number of aliphatic hydroxyl groups excluding tert-OH is 4. The Morgan fingerprint density at radius 2 is 0.984 bits per heavy atom. The van der Waals surface area contributed by atoms with Crippen molar-refractivity contribution in [1.29, 1.82) is 0 Å². The van der Waals surface area contributed by atoms with Crippen LogP contribution in [0, 0.1) is 0 Å². The van der Waals surface area contributed by atoms with Crippen molar-refractivity contribution in [2.45, 2.75) is 230 Å². The molecule has 7 N–H and O–H groups in total. The fourth-order valence-corrected chi connectivity index (χ4v) is 8.78. The molecule has 0 saturated heterocycles. The molecule has 0 heterocycles. The maximum atomic E-state index is 13.0. The molecule has 1 aliphatic rings. The Hall–Kier alpha value is -1.85. The molecule has 17 nitrogen and oxygen atoms in total. The van der Waals surface area contributed by atoms with Gasteiger partial charge in [-0.1, -0.05) is 154 Å². The molecule has 1 aliphatic carbocycles. The van der Waals surface area contributed by atoms with Crippen molar-refractivity contribution in [1.82, 2.24) is 0 Å². The van der Waals surface area contributed by atoms with Gasteiger partial charge in [0.25, 0.3) is 0 Å². The summed E-state index contributed by atoms with van der Waals surface area (Å²) in [4.78, 5) is 66.0. The van der Waals surface area contributed by atoms with Crippen LogP contribution in [-0.4, -0.2) is 109 Å². The van der Waals surface area contributed by atoms with Crippen LogP contribution in [0.5, 0.6) is 0 Å². The van der Waals surface area contributed by atoms with E-state index in [4.69, 9.17) is 28.3 Å². The van der Waals surface area contributed by atoms with Gasteiger partial charge in [-0.05, 0) is 38.2 Å². The Labute approximate surface area is 381 Å². The zero-order valence-electron chi connectivity index (χ0n) is 38.5. The van der Waals surface area contributed by atoms with E-state index in [1.165, 1.54) is 64.2 Å². The summed E-state index contributed by atoms with van der Waals surface area (Å²) in [5, 5.41) is 41.2. The molecule has 374 valence electrons. The first-order valence-electron chi connectivity index (χ1n) is 23.8. The molecule has 8 atom stereocenters. The third kappa shape index (κ3) is 30.4. The highest BCUT2D eigenvalue weighted by molar-refractivity contribution is 7.47. The maximum absolute atomic E-state index is 13.0. The second-order valence-corrected chi connectivity index (χ2v) is 19.5. The maximum Gasteiger partial charge on any atom is 0.472 e. The van der Waals surface area contributed by atoms with Crippen LogP contribution >= 0.6 is 15.6 Å². The van der Waals surface area contributed by atoms with Gasteiger partial charge < -0.3 is 44.6 Å². The summed E-state index contributed by atoms with van der Waals surface area (Å²) < 4.78 is 49.3. The van der Waals surface area contributed by atoms with Crippen LogP contribution in [0.3, 0.4) is 0 Å². The van der Waals surface area contributed by atoms with Crippen molar-refractivity contribution in [2.75, 3.05) is 13.2 Å². The fraction of sp³-hybridized carbons (Fsp3) is 0.844. The second-order valence-electron chi connectivity index (χ2n) is 16.9. The number of phosphoric acid groups is 2. The molecule has 1 rings (SSSR count). The zero-order valence-corrected chi connectivity index (χ0v) is 40.3. The number of ketones is 1. The van der Waals surface area contributed by atoms with E-state index in [9.17, 15) is 48.8 Å². The Morgan fingerprint density at radius 1 is 0.531 bits per heavy atom. The van der Waals surface area contributed by atoms with Gasteiger partial charge in [0.1, 0.15) is 43.2 Å². The van der Waals surface area contributed by atoms with Gasteiger partial charge in [-0.25, -0.2) is 9.13 Å². The number of unbranched alkanes of at least 4 members (excludes halogenated alkanes) is 21. The van der Waals surface area contributed by atoms with Gasteiger partial charge in [-0.3, -0.25) is 28.0 Å². The van der Waals surface area contributed by atoms with Crippen LogP contribution in [0.25, 0.3) is 0 Å². The highest BCUT2D eigenvalue weighted by Crippen LogP contribution is 2.49. The summed E-state index contributed by atoms with van der Waals surface area (Å²) in [6.07, 6.45) is 18.3. The minimum absolute atomic E-state index is 0.00449. The lowest BCUT2D eigenvalue weighted by molar-refractivity contribution is -0.216. The first-order valence-corrected chi connectivity index (χ1v) is 26.9. The Balaban J connectivity index is 2.61. The molecule has 5 unspecified atom stereocenters. The predicted octanol–water partition coefficient (Wildman–Crippen LogP) is 8.13. The molecule has 64 heavy (non-hydrogen) atoms. The molecule has 1 saturated carbocycles. The number of hydrogen-bond donors (Lipinski definition) is 7. The quantitative estimate of drug-likeness (QED) is 0.0100. The van der Waals surface area contributed by atoms with Crippen LogP contribution in [-0.2, 0) is 46.6 Å². The summed E-state index contributed by atoms with van der Waals surface area (Å²) >= 11 is 0. The average Bonchev–Trinajstić information content (AvgIpc) is 3.24. The largest absolute Gasteiger partial charge is 0.472 e. The number of carbonyl (C=O) groups is 3. The number of allylic oxidation sites excluding steroid dienone is 4. The van der Waals surface area contributed by atoms with E-state index < -0.39 is 83.5 Å². The summed E-state index contributed by atoms with van der Waals surface area (Å²) in [5.41, 5.74) is 0. The number of phosphoric ester groups is 2. The molecule has 0 amide bonds. The van der Waals surface area contributed by atoms with Crippen LogP contribution in [0.1, 0.15) is 187 Å². The van der Waals surface area contributed by atoms with Gasteiger partial charge in [0.15, 0.2) is 11.9 Å². The number of aliphatic hydroxyl groups is 4. The van der Waals surface area contributed by atoms with Crippen LogP contribution in [0.4, 0.5) is 0 Å². The van der Waals surface area contributed by atoms with Gasteiger partial charge in [-0.2, -0.15) is 0 Å². The third-order valence-corrected chi connectivity index (χ3v) is 12.5. The Morgan fingerprint density at radius 3 is 1.52 bits per heavy atom. The van der Waals surface area contributed by atoms with Crippen LogP contribution in [0.15, 0.2) is 24.3 Å². The van der Waals surface area contributed by atoms with Crippen molar-refractivity contribution in [2.24, 2.45) is 0 Å². The van der Waals surface area contributed by atoms with Crippen molar-refractivity contribution in [3.63, 3.8) is 0 Å². The molecule has 0 radical (unpaired) electrons. The van der Waals surface area contributed by atoms with Gasteiger partial charge in [0, 0.05) is 19.3 Å². The van der Waals surface area contributed by atoms with E-state index >= 15 is 0 Å². The predicted molar refractivity (Wildman–Crippen MR) is 242 cm³/mol. The van der Waals surface area contributed by atoms with Gasteiger partial charge >= 0.3 is 27.6 Å². The smallest absolute Gasteiger partial charge is 0.462 e. The van der Waals surface area contributed by atoms with E-state index in [0.717, 1.165) is 77.0 Å². The second kappa shape index (κ2) is 36.2. The van der Waals surface area contributed by atoms with Crippen molar-refractivity contribution >= 4 is 33.4 Å². The molecule has 0 aliphatic heterocycles. The summed E-state index contributed by atoms with van der Waals surface area (Å²) in [5.74, 6) is -1.14. The molecule has 0 aromatic heterocycles. The van der Waals surface area contributed by atoms with Crippen molar-refractivity contribution in [3.05, 3.63) is 24.3 Å². The topological polar surface area (TPSA) is 273 Å². The van der Waals surface area contributed by atoms with E-state index in [2.05, 4.69) is 18.4 Å². The summed E-state index contributed by atoms with van der Waals surface area (Å²) in [6.45, 7) is 2.94. The average molecular weight is 957 g/mol. The van der Waals surface area contributed by atoms with E-state index in [1.54, 1.807) is 12.2 Å². The lowest BCUT2D eigenvalue weighted by Crippen LogP contribution is -2.64. The number of rotatable bonds is 40. The van der Waals surface area contributed by atoms with Crippen LogP contribution < -0.4 is 0 Å². The number of ether oxygens (including phenoxy) is 2. The van der Waals surface area contributed by atoms with Gasteiger partial charge in [-0.15, -0.1) is 0 Å². The SMILES string of the molecule is CCCCCCCCCCCCCCCCCC(=O)OC[C@H](COP(=O)(O)O[C@H]1C(O)C(O)C(O)[C@@H](OP(=O)(O)O)C1O)OC(=O)CCCCCCC/C=C\C=C\C(=O)CCCCC. The minimum atomic E-state index is -5.37. The zero-order chi connectivity index (χ0) is 47.6. The molecule has 19 heteroatoms. The molecule has 0 aromatic rings. The van der Waals surface area contributed by atoms with Crippen molar-refractivity contribution in [3.8, 4) is 0 Å². The fourth-order valence-electron chi connectivity index (χ4n) is 7.24. The van der Waals surface area contributed by atoms with Gasteiger partial charge in [0.2, 0.25) is 0 Å². The van der Waals surface area contributed by atoms with Crippen LogP contribution in [0.2, 0.25) is 0 Å². The van der Waals surface area contributed by atoms with E-state index in [-0.39, 0.29) is 18.6 Å². The standard InChI is InChI=1S/C45H82O17P2/c1-3-5-7-8-9-10-11-12-13-14-15-18-21-24-28-32-38(47)58-34-37(60-39(48)33-29-25-22-19-16-17-20-23-27-31-36(46)30-26-6-4-2)35-59-64(56,57)62-45-42(51)40(49)41(50)44(43(45)52)61-63(53,54)55/h20,23,27,31,37,40-45,49-52H,3-19,21-22,24-26,28-30,32-35H2,1-2H3,(H,56,57)(H2,53,54,55)/b23-20-,31-27+/t37-,40?,41?,42?,43?,44-,45+/m1/s1. The lowest BCUT2D eigenvalue weighted by atomic mass is 9.85. The monoisotopic (exact) mass is 957 g/mol. The minimum Gasteiger partial charge on any atom is -0.462 e. The van der Waals surface area contributed by atoms with E-state index in [0.29, 0.717) is 19.3 Å². The molecular formula is C45H82O17P2. The summed E-state index contributed by atoms with van der Waals surface area (Å²) in [6, 6.07) is 0. The normalized spacial score (nSPS) is 21.9. The molecule has 1 fully saturated rings. The van der Waals surface area contributed by atoms with E-state index in [1.807, 2.05) is 12.2 Å². The molecule has 0 aromatic carbocycles. The highest BCUT2D eigenvalue weighted by atomic mass is 31.2. The summed E-state index contributed by atoms with van der Waals surface area (Å²) in [7, 11) is -10.7. The molecule has 0 spiro atoms. The van der Waals surface area contributed by atoms with Crippen molar-refractivity contribution < 1.29 is 81.7 Å². The highest BCUT2D eigenvalue weighted by Gasteiger charge is 2.54. The van der Waals surface area contributed by atoms with Gasteiger partial charge in [0.05, 0.1) is 6.61 Å². The third-order valence-electron chi connectivity index (χ3n) is 11.0. The molecular weight excluding hydrogens is 874 g/mol. The number of carbonyl (C=O) groups excluding carboxylic acids is 3. The Kier molecular flexibility index (Phi) is 34.1. The lowest BCUT2D eigenvalue weighted by Gasteiger charge is -2.43. The first-order chi connectivity index (χ1) is 30.5. The molecule has 0 bridgehead atoms.